The average Bonchev–Trinajstić information content (AvgIpc) is 3.27. The van der Waals surface area contributed by atoms with E-state index in [-0.39, 0.29) is 11.4 Å². The molecule has 0 aliphatic carbocycles. The quantitative estimate of drug-likeness (QED) is 0.250. The van der Waals surface area contributed by atoms with Gasteiger partial charge < -0.3 is 4.85 Å². The fourth-order valence-electron chi connectivity index (χ4n) is 3.95. The molecule has 3 aromatic rings. The van der Waals surface area contributed by atoms with E-state index in [0.29, 0.717) is 40.0 Å². The molecule has 180 valence electrons. The molecule has 1 fully saturated rings. The zero-order chi connectivity index (χ0) is 25.5. The van der Waals surface area contributed by atoms with Crippen LogP contribution in [0.1, 0.15) is 41.7 Å². The van der Waals surface area contributed by atoms with E-state index in [1.807, 2.05) is 29.3 Å². The van der Waals surface area contributed by atoms with Gasteiger partial charge in [-0.05, 0) is 48.7 Å². The highest BCUT2D eigenvalue weighted by molar-refractivity contribution is 6.35. The highest BCUT2D eigenvalue weighted by Crippen LogP contribution is 2.38. The van der Waals surface area contributed by atoms with Gasteiger partial charge in [0.2, 0.25) is 12.2 Å². The fourth-order valence-corrected chi connectivity index (χ4v) is 4.43. The molecule has 0 saturated carbocycles. The third-order valence-electron chi connectivity index (χ3n) is 5.68. The van der Waals surface area contributed by atoms with Crippen LogP contribution < -0.4 is 5.43 Å². The normalized spacial score (nSPS) is 13.2. The first-order chi connectivity index (χ1) is 17.5. The van der Waals surface area contributed by atoms with Gasteiger partial charge in [0.25, 0.3) is 5.91 Å². The van der Waals surface area contributed by atoms with Crippen molar-refractivity contribution in [2.24, 2.45) is 0 Å². The summed E-state index contributed by atoms with van der Waals surface area (Å²) in [6.07, 6.45) is 3.64. The van der Waals surface area contributed by atoms with Crippen LogP contribution in [0.3, 0.4) is 0 Å². The molecule has 2 heterocycles. The van der Waals surface area contributed by atoms with Crippen LogP contribution in [-0.4, -0.2) is 40.3 Å². The predicted molar refractivity (Wildman–Crippen MR) is 141 cm³/mol. The molecule has 1 N–H and O–H groups in total. The van der Waals surface area contributed by atoms with Crippen molar-refractivity contribution in [3.63, 3.8) is 0 Å². The van der Waals surface area contributed by atoms with Gasteiger partial charge in [0.15, 0.2) is 5.69 Å². The molecule has 1 amide bonds. The van der Waals surface area contributed by atoms with Gasteiger partial charge in [0.05, 0.1) is 29.4 Å². The van der Waals surface area contributed by atoms with Crippen LogP contribution in [0.4, 0.5) is 5.69 Å². The van der Waals surface area contributed by atoms with Crippen molar-refractivity contribution in [3.05, 3.63) is 86.6 Å². The maximum atomic E-state index is 13.2. The molecule has 1 aliphatic rings. The van der Waals surface area contributed by atoms with E-state index in [9.17, 15) is 4.79 Å². The number of carbonyl (C=O) groups is 1. The maximum Gasteiger partial charge on any atom is 0.275 e. The van der Waals surface area contributed by atoms with Gasteiger partial charge in [-0.15, -0.1) is 0 Å². The van der Waals surface area contributed by atoms with Gasteiger partial charge in [0.1, 0.15) is 0 Å². The molecule has 0 bridgehead atoms. The van der Waals surface area contributed by atoms with E-state index in [1.54, 1.807) is 18.2 Å². The van der Waals surface area contributed by atoms with Crippen molar-refractivity contribution in [1.82, 2.24) is 20.2 Å². The fraction of sp³-hybridized carbons (Fsp3) is 0.259. The van der Waals surface area contributed by atoms with Crippen molar-refractivity contribution < 1.29 is 4.79 Å². The second-order valence-electron chi connectivity index (χ2n) is 8.16. The minimum Gasteiger partial charge on any atom is -0.316 e. The summed E-state index contributed by atoms with van der Waals surface area (Å²) in [6, 6.07) is 12.3. The van der Waals surface area contributed by atoms with Crippen molar-refractivity contribution in [3.8, 4) is 28.8 Å². The third kappa shape index (κ3) is 5.70. The third-order valence-corrected chi connectivity index (χ3v) is 6.22. The van der Waals surface area contributed by atoms with Crippen LogP contribution >= 0.6 is 23.2 Å². The summed E-state index contributed by atoms with van der Waals surface area (Å²) in [5.41, 5.74) is 5.48. The number of hydrogen-bond donors (Lipinski definition) is 1. The highest BCUT2D eigenvalue weighted by Gasteiger charge is 2.27. The van der Waals surface area contributed by atoms with E-state index in [0.717, 1.165) is 37.9 Å². The largest absolute Gasteiger partial charge is 0.316 e. The van der Waals surface area contributed by atoms with Crippen molar-refractivity contribution in [2.45, 2.75) is 25.7 Å². The zero-order valence-corrected chi connectivity index (χ0v) is 20.9. The number of amides is 1. The standard InChI is InChI=1S/C27H22Cl2N6O/c1-30-15-5-4-8-19-9-11-20(12-10-19)26-24(31-2)25(27(36)33-34-16-6-3-7-17-34)32-35(26)23-14-13-21(28)18-22(23)29/h9-14,18H,3,5-7,15-17H2,(H,33,36). The zero-order valence-electron chi connectivity index (χ0n) is 19.4. The van der Waals surface area contributed by atoms with Crippen LogP contribution in [0.25, 0.3) is 26.6 Å². The van der Waals surface area contributed by atoms with Gasteiger partial charge in [-0.25, -0.2) is 21.1 Å². The van der Waals surface area contributed by atoms with Crippen LogP contribution in [0.5, 0.6) is 0 Å². The Balaban J connectivity index is 1.78. The molecule has 1 aliphatic heterocycles. The molecule has 1 saturated heterocycles. The van der Waals surface area contributed by atoms with Gasteiger partial charge >= 0.3 is 0 Å². The van der Waals surface area contributed by atoms with Gasteiger partial charge in [-0.1, -0.05) is 53.6 Å². The minimum atomic E-state index is -0.435. The number of aromatic nitrogens is 2. The van der Waals surface area contributed by atoms with E-state index < -0.39 is 5.91 Å². The Labute approximate surface area is 220 Å². The highest BCUT2D eigenvalue weighted by atomic mass is 35.5. The number of nitrogens with zero attached hydrogens (tertiary/aromatic N) is 5. The number of carbonyl (C=O) groups excluding carboxylic acids is 1. The number of rotatable bonds is 5. The lowest BCUT2D eigenvalue weighted by atomic mass is 10.1. The molecule has 7 nitrogen and oxygen atoms in total. The van der Waals surface area contributed by atoms with E-state index >= 15 is 0 Å². The summed E-state index contributed by atoms with van der Waals surface area (Å²) in [5.74, 6) is 5.58. The SMILES string of the molecule is [C-]#[N+]CCC#Cc1ccc(-c2c([N+]#[C-])c(C(=O)NN3CCCCC3)nn2-c2ccc(Cl)cc2Cl)cc1. The molecule has 4 rings (SSSR count). The average molecular weight is 517 g/mol. The summed E-state index contributed by atoms with van der Waals surface area (Å²) in [7, 11) is 0. The Morgan fingerprint density at radius 1 is 1.08 bits per heavy atom. The number of hydrazine groups is 1. The second-order valence-corrected chi connectivity index (χ2v) is 9.01. The van der Waals surface area contributed by atoms with Gasteiger partial charge in [0, 0.05) is 23.7 Å². The van der Waals surface area contributed by atoms with Gasteiger partial charge in [-0.3, -0.25) is 10.2 Å². The van der Waals surface area contributed by atoms with Crippen molar-refractivity contribution in [1.29, 1.82) is 0 Å². The Bertz CT molecular complexity index is 1410. The summed E-state index contributed by atoms with van der Waals surface area (Å²) in [4.78, 5) is 20.2. The molecule has 0 atom stereocenters. The number of piperidine rings is 1. The van der Waals surface area contributed by atoms with Crippen LogP contribution in [0.2, 0.25) is 10.0 Å². The molecule has 0 radical (unpaired) electrons. The van der Waals surface area contributed by atoms with E-state index in [2.05, 4.69) is 32.1 Å². The number of halogens is 2. The molecule has 0 spiro atoms. The molecular formula is C27H22Cl2N6O. The molecule has 9 heteroatoms. The smallest absolute Gasteiger partial charge is 0.275 e. The topological polar surface area (TPSA) is 58.9 Å². The van der Waals surface area contributed by atoms with Crippen LogP contribution in [0.15, 0.2) is 42.5 Å². The predicted octanol–water partition coefficient (Wildman–Crippen LogP) is 6.19. The van der Waals surface area contributed by atoms with E-state index in [1.165, 1.54) is 4.68 Å². The summed E-state index contributed by atoms with van der Waals surface area (Å²) in [5, 5.41) is 7.23. The molecule has 36 heavy (non-hydrogen) atoms. The molecule has 0 unspecified atom stereocenters. The lowest BCUT2D eigenvalue weighted by Gasteiger charge is -2.26. The number of nitrogens with one attached hydrogen (secondary N) is 1. The monoisotopic (exact) mass is 516 g/mol. The Kier molecular flexibility index (Phi) is 8.26. The first kappa shape index (κ1) is 25.3. The summed E-state index contributed by atoms with van der Waals surface area (Å²) >= 11 is 12.6. The molecule has 2 aromatic carbocycles. The van der Waals surface area contributed by atoms with Crippen LogP contribution in [-0.2, 0) is 0 Å². The molecule has 1 aromatic heterocycles. The van der Waals surface area contributed by atoms with Crippen molar-refractivity contribution >= 4 is 34.8 Å². The maximum absolute atomic E-state index is 13.2. The Hall–Kier alpha value is -3.80. The lowest BCUT2D eigenvalue weighted by molar-refractivity contribution is 0.0745. The number of hydrogen-bond acceptors (Lipinski definition) is 3. The Morgan fingerprint density at radius 3 is 2.50 bits per heavy atom. The minimum absolute atomic E-state index is 0.0274. The second kappa shape index (κ2) is 11.8. The Morgan fingerprint density at radius 2 is 1.83 bits per heavy atom. The van der Waals surface area contributed by atoms with E-state index in [4.69, 9.17) is 36.3 Å². The summed E-state index contributed by atoms with van der Waals surface area (Å²) in [6.45, 7) is 16.6. The number of benzene rings is 2. The van der Waals surface area contributed by atoms with Gasteiger partial charge in [-0.2, -0.15) is 5.10 Å². The first-order valence-electron chi connectivity index (χ1n) is 11.5. The van der Waals surface area contributed by atoms with Crippen molar-refractivity contribution in [2.75, 3.05) is 19.6 Å². The first-order valence-corrected chi connectivity index (χ1v) is 12.2. The summed E-state index contributed by atoms with van der Waals surface area (Å²) < 4.78 is 1.52. The molecular weight excluding hydrogens is 495 g/mol. The lowest BCUT2D eigenvalue weighted by Crippen LogP contribution is -2.45. The van der Waals surface area contributed by atoms with Crippen LogP contribution in [0, 0.1) is 25.0 Å².